The van der Waals surface area contributed by atoms with Crippen LogP contribution in [0.1, 0.15) is 59.5 Å². The summed E-state index contributed by atoms with van der Waals surface area (Å²) in [6.45, 7) is 5.43. The van der Waals surface area contributed by atoms with Gasteiger partial charge in [0.05, 0.1) is 0 Å². The van der Waals surface area contributed by atoms with Gasteiger partial charge >= 0.3 is 0 Å². The van der Waals surface area contributed by atoms with E-state index in [1.165, 1.54) is 34.8 Å². The number of nitrogens with one attached hydrogen (secondary N) is 1. The molecule has 0 fully saturated rings. The van der Waals surface area contributed by atoms with Gasteiger partial charge in [-0.05, 0) is 49.2 Å². The SMILES string of the molecule is CC(C)NCCCc1nnc(C2CCCc3sccc32)s1. The van der Waals surface area contributed by atoms with E-state index in [4.69, 9.17) is 0 Å². The normalized spacial score (nSPS) is 18.1. The van der Waals surface area contributed by atoms with Gasteiger partial charge in [-0.1, -0.05) is 13.8 Å². The van der Waals surface area contributed by atoms with Crippen LogP contribution in [-0.2, 0) is 12.8 Å². The van der Waals surface area contributed by atoms with Crippen LogP contribution >= 0.6 is 22.7 Å². The van der Waals surface area contributed by atoms with E-state index in [2.05, 4.69) is 40.8 Å². The maximum Gasteiger partial charge on any atom is 0.124 e. The maximum absolute atomic E-state index is 4.48. The van der Waals surface area contributed by atoms with Crippen molar-refractivity contribution >= 4 is 22.7 Å². The number of aryl methyl sites for hydroxylation is 2. The van der Waals surface area contributed by atoms with Crippen molar-refractivity contribution in [2.45, 2.75) is 57.9 Å². The summed E-state index contributed by atoms with van der Waals surface area (Å²) in [4.78, 5) is 1.56. The molecule has 0 saturated carbocycles. The van der Waals surface area contributed by atoms with Gasteiger partial charge in [0.25, 0.3) is 0 Å². The molecule has 0 amide bonds. The molecule has 0 radical (unpaired) electrons. The average Bonchev–Trinajstić information content (AvgIpc) is 3.12. The average molecular weight is 322 g/mol. The number of thiophene rings is 1. The van der Waals surface area contributed by atoms with Gasteiger partial charge in [-0.25, -0.2) is 0 Å². The molecule has 0 bridgehead atoms. The Hall–Kier alpha value is -0.780. The molecule has 5 heteroatoms. The Kier molecular flexibility index (Phi) is 5.03. The summed E-state index contributed by atoms with van der Waals surface area (Å²) in [5.74, 6) is 0.500. The first-order valence-electron chi connectivity index (χ1n) is 7.86. The first-order chi connectivity index (χ1) is 10.2. The minimum Gasteiger partial charge on any atom is -0.315 e. The minimum absolute atomic E-state index is 0.500. The molecule has 1 unspecified atom stereocenters. The van der Waals surface area contributed by atoms with Gasteiger partial charge in [-0.3, -0.25) is 0 Å². The molecule has 0 aromatic carbocycles. The van der Waals surface area contributed by atoms with Gasteiger partial charge in [-0.2, -0.15) is 0 Å². The van der Waals surface area contributed by atoms with E-state index in [1.54, 1.807) is 4.88 Å². The second-order valence-electron chi connectivity index (χ2n) is 5.99. The molecule has 21 heavy (non-hydrogen) atoms. The molecule has 0 aliphatic heterocycles. The van der Waals surface area contributed by atoms with E-state index in [-0.39, 0.29) is 0 Å². The molecule has 2 aromatic rings. The molecule has 2 heterocycles. The monoisotopic (exact) mass is 321 g/mol. The molecule has 2 aromatic heterocycles. The molecular weight excluding hydrogens is 298 g/mol. The Morgan fingerprint density at radius 3 is 3.14 bits per heavy atom. The Morgan fingerprint density at radius 2 is 2.29 bits per heavy atom. The lowest BCUT2D eigenvalue weighted by molar-refractivity contribution is 0.569. The van der Waals surface area contributed by atoms with E-state index in [1.807, 2.05) is 22.7 Å². The topological polar surface area (TPSA) is 37.8 Å². The highest BCUT2D eigenvalue weighted by Crippen LogP contribution is 2.40. The third-order valence-corrected chi connectivity index (χ3v) is 6.05. The maximum atomic E-state index is 4.48. The predicted molar refractivity (Wildman–Crippen MR) is 90.5 cm³/mol. The highest BCUT2D eigenvalue weighted by Gasteiger charge is 2.25. The summed E-state index contributed by atoms with van der Waals surface area (Å²) in [6, 6.07) is 2.85. The van der Waals surface area contributed by atoms with Gasteiger partial charge in [-0.15, -0.1) is 32.9 Å². The third-order valence-electron chi connectivity index (χ3n) is 3.95. The third kappa shape index (κ3) is 3.71. The molecule has 0 saturated heterocycles. The van der Waals surface area contributed by atoms with Crippen molar-refractivity contribution in [1.82, 2.24) is 15.5 Å². The van der Waals surface area contributed by atoms with Gasteiger partial charge in [0.2, 0.25) is 0 Å². The molecular formula is C16H23N3S2. The van der Waals surface area contributed by atoms with Crippen molar-refractivity contribution in [3.8, 4) is 0 Å². The van der Waals surface area contributed by atoms with Gasteiger partial charge in [0.15, 0.2) is 0 Å². The quantitative estimate of drug-likeness (QED) is 0.817. The predicted octanol–water partition coefficient (Wildman–Crippen LogP) is 4.00. The Balaban J connectivity index is 1.61. The van der Waals surface area contributed by atoms with Crippen LogP contribution in [0.15, 0.2) is 11.4 Å². The zero-order valence-corrected chi connectivity index (χ0v) is 14.4. The fourth-order valence-electron chi connectivity index (χ4n) is 2.88. The van der Waals surface area contributed by atoms with Crippen LogP contribution in [0.5, 0.6) is 0 Å². The Labute approximate surface area is 134 Å². The zero-order valence-electron chi connectivity index (χ0n) is 12.8. The summed E-state index contributed by atoms with van der Waals surface area (Å²) >= 11 is 3.72. The molecule has 3 rings (SSSR count). The summed E-state index contributed by atoms with van der Waals surface area (Å²) in [6.07, 6.45) is 5.94. The van der Waals surface area contributed by atoms with Crippen LogP contribution in [0.3, 0.4) is 0 Å². The van der Waals surface area contributed by atoms with E-state index >= 15 is 0 Å². The minimum atomic E-state index is 0.500. The van der Waals surface area contributed by atoms with Gasteiger partial charge in [0, 0.05) is 23.3 Å². The molecule has 1 atom stereocenters. The van der Waals surface area contributed by atoms with Crippen molar-refractivity contribution in [2.24, 2.45) is 0 Å². The van der Waals surface area contributed by atoms with Gasteiger partial charge < -0.3 is 5.32 Å². The van der Waals surface area contributed by atoms with Crippen LogP contribution in [0.4, 0.5) is 0 Å². The molecule has 1 N–H and O–H groups in total. The van der Waals surface area contributed by atoms with Crippen LogP contribution in [0.25, 0.3) is 0 Å². The second kappa shape index (κ2) is 6.99. The molecule has 0 spiro atoms. The van der Waals surface area contributed by atoms with Crippen molar-refractivity contribution in [3.63, 3.8) is 0 Å². The van der Waals surface area contributed by atoms with Crippen molar-refractivity contribution in [2.75, 3.05) is 6.54 Å². The largest absolute Gasteiger partial charge is 0.315 e. The fraction of sp³-hybridized carbons (Fsp3) is 0.625. The molecule has 114 valence electrons. The smallest absolute Gasteiger partial charge is 0.124 e. The van der Waals surface area contributed by atoms with Crippen LogP contribution in [0.2, 0.25) is 0 Å². The van der Waals surface area contributed by atoms with Crippen LogP contribution in [-0.4, -0.2) is 22.8 Å². The first kappa shape index (κ1) is 15.1. The molecule has 1 aliphatic rings. The summed E-state index contributed by atoms with van der Waals surface area (Å²) in [5, 5.41) is 17.0. The van der Waals surface area contributed by atoms with Crippen molar-refractivity contribution < 1.29 is 0 Å². The molecule has 1 aliphatic carbocycles. The lowest BCUT2D eigenvalue weighted by Gasteiger charge is -2.19. The fourth-order valence-corrected chi connectivity index (χ4v) is 4.91. The van der Waals surface area contributed by atoms with Crippen LogP contribution < -0.4 is 5.32 Å². The zero-order chi connectivity index (χ0) is 14.7. The lowest BCUT2D eigenvalue weighted by Crippen LogP contribution is -2.23. The lowest BCUT2D eigenvalue weighted by atomic mass is 9.88. The number of hydrogen-bond acceptors (Lipinski definition) is 5. The van der Waals surface area contributed by atoms with Crippen LogP contribution in [0, 0.1) is 0 Å². The van der Waals surface area contributed by atoms with E-state index in [0.29, 0.717) is 12.0 Å². The van der Waals surface area contributed by atoms with Gasteiger partial charge in [0.1, 0.15) is 10.0 Å². The summed E-state index contributed by atoms with van der Waals surface area (Å²) in [7, 11) is 0. The van der Waals surface area contributed by atoms with Crippen molar-refractivity contribution in [1.29, 1.82) is 0 Å². The summed E-state index contributed by atoms with van der Waals surface area (Å²) < 4.78 is 0. The highest BCUT2D eigenvalue weighted by molar-refractivity contribution is 7.11. The Bertz CT molecular complexity index is 574. The molecule has 3 nitrogen and oxygen atoms in total. The van der Waals surface area contributed by atoms with E-state index in [0.717, 1.165) is 19.4 Å². The first-order valence-corrected chi connectivity index (χ1v) is 9.55. The van der Waals surface area contributed by atoms with E-state index in [9.17, 15) is 0 Å². The number of nitrogens with zero attached hydrogens (tertiary/aromatic N) is 2. The number of fused-ring (bicyclic) bond motifs is 1. The Morgan fingerprint density at radius 1 is 1.38 bits per heavy atom. The van der Waals surface area contributed by atoms with Crippen molar-refractivity contribution in [3.05, 3.63) is 31.9 Å². The summed E-state index contributed by atoms with van der Waals surface area (Å²) in [5.41, 5.74) is 1.51. The van der Waals surface area contributed by atoms with E-state index < -0.39 is 0 Å². The number of rotatable bonds is 6. The highest BCUT2D eigenvalue weighted by atomic mass is 32.1. The second-order valence-corrected chi connectivity index (χ2v) is 8.08. The standard InChI is InChI=1S/C16H23N3S2/c1-11(2)17-9-4-7-15-18-19-16(21-15)13-5-3-6-14-12(13)8-10-20-14/h8,10-11,13,17H,3-7,9H2,1-2H3. The number of aromatic nitrogens is 2. The number of hydrogen-bond donors (Lipinski definition) is 1.